The van der Waals surface area contributed by atoms with E-state index >= 15 is 0 Å². The van der Waals surface area contributed by atoms with Crippen molar-refractivity contribution < 1.29 is 13.2 Å². The van der Waals surface area contributed by atoms with Crippen LogP contribution in [0.3, 0.4) is 0 Å². The number of rotatable bonds is 10. The predicted octanol–water partition coefficient (Wildman–Crippen LogP) is 0.833. The summed E-state index contributed by atoms with van der Waals surface area (Å²) in [5.41, 5.74) is 6.29. The van der Waals surface area contributed by atoms with Gasteiger partial charge in [-0.3, -0.25) is 5.41 Å². The highest BCUT2D eigenvalue weighted by molar-refractivity contribution is 7.89. The number of nitrogens with one attached hydrogen (secondary N) is 1. The molecule has 1 rings (SSSR count). The van der Waals surface area contributed by atoms with Crippen LogP contribution in [-0.2, 0) is 21.2 Å². The van der Waals surface area contributed by atoms with Gasteiger partial charge in [0.25, 0.3) is 0 Å². The van der Waals surface area contributed by atoms with Gasteiger partial charge in [0, 0.05) is 26.6 Å². The molecule has 0 amide bonds. The molecule has 7 heteroatoms. The van der Waals surface area contributed by atoms with E-state index in [0.717, 1.165) is 5.56 Å². The molecule has 0 aromatic heterocycles. The summed E-state index contributed by atoms with van der Waals surface area (Å²) < 4.78 is 31.1. The summed E-state index contributed by atoms with van der Waals surface area (Å²) >= 11 is 0. The van der Waals surface area contributed by atoms with Crippen LogP contribution in [0.4, 0.5) is 0 Å². The molecular weight excluding hydrogens is 290 g/mol. The normalized spacial score (nSPS) is 11.7. The number of ether oxygens (including phenoxy) is 1. The van der Waals surface area contributed by atoms with Crippen molar-refractivity contribution in [1.82, 2.24) is 4.31 Å². The van der Waals surface area contributed by atoms with Gasteiger partial charge in [-0.05, 0) is 12.0 Å². The van der Waals surface area contributed by atoms with Crippen molar-refractivity contribution in [1.29, 1.82) is 5.41 Å². The lowest BCUT2D eigenvalue weighted by Crippen LogP contribution is -2.38. The van der Waals surface area contributed by atoms with Gasteiger partial charge in [-0.15, -0.1) is 0 Å². The van der Waals surface area contributed by atoms with Gasteiger partial charge in [-0.25, -0.2) is 8.42 Å². The molecule has 0 aliphatic rings. The summed E-state index contributed by atoms with van der Waals surface area (Å²) in [6.45, 7) is 0.819. The Kier molecular flexibility index (Phi) is 7.35. The zero-order chi connectivity index (χ0) is 15.7. The van der Waals surface area contributed by atoms with E-state index in [0.29, 0.717) is 13.0 Å². The second-order valence-corrected chi connectivity index (χ2v) is 6.81. The predicted molar refractivity (Wildman–Crippen MR) is 83.9 cm³/mol. The summed E-state index contributed by atoms with van der Waals surface area (Å²) in [4.78, 5) is 0. The number of benzene rings is 1. The summed E-state index contributed by atoms with van der Waals surface area (Å²) in [7, 11) is -1.86. The van der Waals surface area contributed by atoms with Crippen LogP contribution in [0.5, 0.6) is 0 Å². The second kappa shape index (κ2) is 8.76. The van der Waals surface area contributed by atoms with Crippen LogP contribution < -0.4 is 5.73 Å². The third-order valence-corrected chi connectivity index (χ3v) is 4.93. The molecule has 118 valence electrons. The number of sulfonamides is 1. The van der Waals surface area contributed by atoms with Crippen molar-refractivity contribution in [2.24, 2.45) is 5.73 Å². The first kappa shape index (κ1) is 17.6. The minimum absolute atomic E-state index is 0.0179. The topological polar surface area (TPSA) is 96.5 Å². The van der Waals surface area contributed by atoms with Crippen LogP contribution in [-0.4, -0.2) is 51.1 Å². The van der Waals surface area contributed by atoms with E-state index in [4.69, 9.17) is 15.9 Å². The highest BCUT2D eigenvalue weighted by Gasteiger charge is 2.21. The van der Waals surface area contributed by atoms with E-state index in [2.05, 4.69) is 0 Å². The molecule has 0 radical (unpaired) electrons. The van der Waals surface area contributed by atoms with E-state index in [-0.39, 0.29) is 31.1 Å². The average molecular weight is 313 g/mol. The number of hydrogen-bond acceptors (Lipinski definition) is 4. The van der Waals surface area contributed by atoms with Gasteiger partial charge in [0.15, 0.2) is 0 Å². The summed E-state index contributed by atoms with van der Waals surface area (Å²) in [5.74, 6) is 0.0224. The Balaban J connectivity index is 2.66. The first-order valence-electron chi connectivity index (χ1n) is 6.79. The standard InChI is InChI=1S/C14H23N3O3S/c1-20-11-10-17(9-7-14(15)16)21(18,19)12-8-13-5-3-2-4-6-13/h2-6H,7-12H2,1H3,(H3,15,16). The third kappa shape index (κ3) is 6.70. The first-order chi connectivity index (χ1) is 9.95. The van der Waals surface area contributed by atoms with Crippen LogP contribution in [0.25, 0.3) is 0 Å². The molecule has 1 aromatic rings. The minimum atomic E-state index is -3.39. The molecule has 21 heavy (non-hydrogen) atoms. The van der Waals surface area contributed by atoms with Crippen molar-refractivity contribution in [3.8, 4) is 0 Å². The minimum Gasteiger partial charge on any atom is -0.388 e. The molecule has 0 fully saturated rings. The van der Waals surface area contributed by atoms with E-state index in [9.17, 15) is 8.42 Å². The van der Waals surface area contributed by atoms with Crippen molar-refractivity contribution >= 4 is 15.9 Å². The molecule has 0 aliphatic carbocycles. The lowest BCUT2D eigenvalue weighted by molar-refractivity contribution is 0.179. The van der Waals surface area contributed by atoms with Crippen LogP contribution in [0.2, 0.25) is 0 Å². The summed E-state index contributed by atoms with van der Waals surface area (Å²) in [6, 6.07) is 9.49. The lowest BCUT2D eigenvalue weighted by Gasteiger charge is -2.21. The lowest BCUT2D eigenvalue weighted by atomic mass is 10.2. The Morgan fingerprint density at radius 1 is 1.29 bits per heavy atom. The summed E-state index contributed by atoms with van der Waals surface area (Å²) in [6.07, 6.45) is 0.695. The van der Waals surface area contributed by atoms with Crippen molar-refractivity contribution in [3.63, 3.8) is 0 Å². The molecule has 0 heterocycles. The average Bonchev–Trinajstić information content (AvgIpc) is 2.46. The quantitative estimate of drug-likeness (QED) is 0.494. The largest absolute Gasteiger partial charge is 0.388 e. The van der Waals surface area contributed by atoms with Crippen LogP contribution in [0.1, 0.15) is 12.0 Å². The molecule has 0 saturated heterocycles. The monoisotopic (exact) mass is 313 g/mol. The van der Waals surface area contributed by atoms with Crippen molar-refractivity contribution in [2.75, 3.05) is 32.6 Å². The highest BCUT2D eigenvalue weighted by atomic mass is 32.2. The molecule has 3 N–H and O–H groups in total. The third-order valence-electron chi connectivity index (χ3n) is 3.06. The molecule has 0 bridgehead atoms. The van der Waals surface area contributed by atoms with Gasteiger partial charge >= 0.3 is 0 Å². The fraction of sp³-hybridized carbons (Fsp3) is 0.500. The van der Waals surface area contributed by atoms with Crippen LogP contribution in [0.15, 0.2) is 30.3 Å². The fourth-order valence-electron chi connectivity index (χ4n) is 1.85. The maximum absolute atomic E-state index is 12.4. The van der Waals surface area contributed by atoms with E-state index < -0.39 is 10.0 Å². The van der Waals surface area contributed by atoms with Gasteiger partial charge in [0.1, 0.15) is 0 Å². The highest BCUT2D eigenvalue weighted by Crippen LogP contribution is 2.07. The number of hydrogen-bond donors (Lipinski definition) is 2. The Labute approximate surface area is 126 Å². The Bertz CT molecular complexity index is 532. The molecule has 6 nitrogen and oxygen atoms in total. The number of methoxy groups -OCH3 is 1. The van der Waals surface area contributed by atoms with Gasteiger partial charge in [0.2, 0.25) is 10.0 Å². The molecule has 0 saturated carbocycles. The van der Waals surface area contributed by atoms with Crippen molar-refractivity contribution in [3.05, 3.63) is 35.9 Å². The Morgan fingerprint density at radius 2 is 1.95 bits per heavy atom. The zero-order valence-electron chi connectivity index (χ0n) is 12.3. The van der Waals surface area contributed by atoms with Crippen LogP contribution >= 0.6 is 0 Å². The number of nitrogens with zero attached hydrogens (tertiary/aromatic N) is 1. The molecule has 0 aliphatic heterocycles. The van der Waals surface area contributed by atoms with E-state index in [1.54, 1.807) is 0 Å². The molecule has 0 spiro atoms. The van der Waals surface area contributed by atoms with Gasteiger partial charge in [0.05, 0.1) is 18.2 Å². The first-order valence-corrected chi connectivity index (χ1v) is 8.40. The van der Waals surface area contributed by atoms with Gasteiger partial charge in [-0.2, -0.15) is 4.31 Å². The maximum atomic E-state index is 12.4. The van der Waals surface area contributed by atoms with Crippen molar-refractivity contribution in [2.45, 2.75) is 12.8 Å². The molecule has 0 atom stereocenters. The smallest absolute Gasteiger partial charge is 0.214 e. The Morgan fingerprint density at radius 3 is 2.52 bits per heavy atom. The SMILES string of the molecule is COCCN(CCC(=N)N)S(=O)(=O)CCc1ccccc1. The molecule has 0 unspecified atom stereocenters. The Hall–Kier alpha value is -1.44. The van der Waals surface area contributed by atoms with E-state index in [1.807, 2.05) is 30.3 Å². The fourth-order valence-corrected chi connectivity index (χ4v) is 3.32. The number of nitrogens with two attached hydrogens (primary N) is 1. The second-order valence-electron chi connectivity index (χ2n) is 4.72. The van der Waals surface area contributed by atoms with Gasteiger partial charge < -0.3 is 10.5 Å². The maximum Gasteiger partial charge on any atom is 0.214 e. The molecular formula is C14H23N3O3S. The number of aryl methyl sites for hydroxylation is 1. The number of amidine groups is 1. The summed E-state index contributed by atoms with van der Waals surface area (Å²) in [5, 5.41) is 7.23. The van der Waals surface area contributed by atoms with Gasteiger partial charge in [-0.1, -0.05) is 30.3 Å². The van der Waals surface area contributed by atoms with Crippen LogP contribution in [0, 0.1) is 5.41 Å². The zero-order valence-corrected chi connectivity index (χ0v) is 13.1. The van der Waals surface area contributed by atoms with E-state index in [1.165, 1.54) is 11.4 Å². The molecule has 1 aromatic carbocycles.